The Hall–Kier alpha value is -3.54. The summed E-state index contributed by atoms with van der Waals surface area (Å²) < 4.78 is 32.3. The Balaban J connectivity index is 1.60. The minimum atomic E-state index is -1.17. The number of hydrogen-bond acceptors (Lipinski definition) is 6. The number of halogens is 3. The summed E-state index contributed by atoms with van der Waals surface area (Å²) in [5.74, 6) is -0.928. The van der Waals surface area contributed by atoms with Crippen LogP contribution in [0.4, 0.5) is 24.2 Å². The molecule has 1 heterocycles. The van der Waals surface area contributed by atoms with Crippen molar-refractivity contribution >= 4 is 40.3 Å². The molecule has 192 valence electrons. The van der Waals surface area contributed by atoms with Crippen LogP contribution in [0.5, 0.6) is 0 Å². The summed E-state index contributed by atoms with van der Waals surface area (Å²) in [6.07, 6.45) is -0.691. The number of carbonyl (C=O) groups excluding carboxylic acids is 2. The second-order valence-electron chi connectivity index (χ2n) is 7.99. The summed E-state index contributed by atoms with van der Waals surface area (Å²) in [5.41, 5.74) is 0.365. The largest absolute Gasteiger partial charge is 0.447 e. The predicted molar refractivity (Wildman–Crippen MR) is 130 cm³/mol. The van der Waals surface area contributed by atoms with Gasteiger partial charge in [-0.1, -0.05) is 23.7 Å². The van der Waals surface area contributed by atoms with Crippen LogP contribution in [-0.4, -0.2) is 64.6 Å². The maximum absolute atomic E-state index is 13.6. The first-order valence-corrected chi connectivity index (χ1v) is 11.3. The highest BCUT2D eigenvalue weighted by molar-refractivity contribution is 6.31. The number of amides is 3. The van der Waals surface area contributed by atoms with Gasteiger partial charge in [0.1, 0.15) is 24.1 Å². The van der Waals surface area contributed by atoms with Gasteiger partial charge in [-0.25, -0.2) is 23.4 Å². The van der Waals surface area contributed by atoms with E-state index in [1.54, 1.807) is 12.1 Å². The molecule has 0 unspecified atom stereocenters. The molecule has 0 bridgehead atoms. The summed E-state index contributed by atoms with van der Waals surface area (Å²) in [6.45, 7) is -0.949. The lowest BCUT2D eigenvalue weighted by atomic mass is 10.1. The second kappa shape index (κ2) is 12.4. The molecular formula is C24H25ClF2N4O5. The third kappa shape index (κ3) is 7.23. The normalized spacial score (nSPS) is 12.6. The fraction of sp³-hybridized carbons (Fsp3) is 0.292. The molecule has 4 N–H and O–H groups in total. The Bertz CT molecular complexity index is 1230. The number of fused-ring (bicyclic) bond motifs is 1. The Kier molecular flexibility index (Phi) is 9.34. The van der Waals surface area contributed by atoms with Gasteiger partial charge in [0.15, 0.2) is 0 Å². The van der Waals surface area contributed by atoms with E-state index in [2.05, 4.69) is 15.6 Å². The van der Waals surface area contributed by atoms with Gasteiger partial charge in [-0.15, -0.1) is 0 Å². The van der Waals surface area contributed by atoms with E-state index in [0.29, 0.717) is 16.3 Å². The molecule has 3 amide bonds. The molecule has 2 atom stereocenters. The highest BCUT2D eigenvalue weighted by Gasteiger charge is 2.25. The van der Waals surface area contributed by atoms with Crippen molar-refractivity contribution in [3.05, 3.63) is 70.9 Å². The Morgan fingerprint density at radius 3 is 2.72 bits per heavy atom. The number of aliphatic hydroxyl groups excluding tert-OH is 2. The van der Waals surface area contributed by atoms with Crippen LogP contribution in [0.3, 0.4) is 0 Å². The lowest BCUT2D eigenvalue weighted by molar-refractivity contribution is 0.0480. The predicted octanol–water partition coefficient (Wildman–Crippen LogP) is 3.67. The van der Waals surface area contributed by atoms with Crippen molar-refractivity contribution in [2.75, 3.05) is 25.6 Å². The van der Waals surface area contributed by atoms with Gasteiger partial charge in [0, 0.05) is 25.2 Å². The van der Waals surface area contributed by atoms with Crippen LogP contribution in [0.2, 0.25) is 5.02 Å². The average Bonchev–Trinajstić information content (AvgIpc) is 2.86. The first-order chi connectivity index (χ1) is 17.2. The molecule has 2 aromatic carbocycles. The van der Waals surface area contributed by atoms with E-state index in [4.69, 9.17) is 16.3 Å². The molecule has 0 fully saturated rings. The van der Waals surface area contributed by atoms with Crippen molar-refractivity contribution in [2.24, 2.45) is 0 Å². The third-order valence-electron chi connectivity index (χ3n) is 5.41. The number of hydrogen-bond donors (Lipinski definition) is 4. The van der Waals surface area contributed by atoms with Gasteiger partial charge in [0.05, 0.1) is 23.8 Å². The van der Waals surface area contributed by atoms with Gasteiger partial charge in [-0.3, -0.25) is 5.32 Å². The van der Waals surface area contributed by atoms with Crippen molar-refractivity contribution in [3.8, 4) is 0 Å². The van der Waals surface area contributed by atoms with Crippen LogP contribution >= 0.6 is 11.6 Å². The van der Waals surface area contributed by atoms with Crippen molar-refractivity contribution in [3.63, 3.8) is 0 Å². The highest BCUT2D eigenvalue weighted by atomic mass is 35.5. The van der Waals surface area contributed by atoms with Gasteiger partial charge in [0.2, 0.25) is 0 Å². The maximum atomic E-state index is 13.6. The van der Waals surface area contributed by atoms with Crippen LogP contribution in [-0.2, 0) is 11.3 Å². The number of carbonyl (C=O) groups is 2. The molecule has 9 nitrogen and oxygen atoms in total. The van der Waals surface area contributed by atoms with Crippen molar-refractivity contribution in [1.82, 2.24) is 15.2 Å². The van der Waals surface area contributed by atoms with Crippen molar-refractivity contribution in [1.29, 1.82) is 0 Å². The summed E-state index contributed by atoms with van der Waals surface area (Å²) in [7, 11) is 1.41. The number of nitrogens with zero attached hydrogens (tertiary/aromatic N) is 2. The number of ether oxygens (including phenoxy) is 1. The molecular weight excluding hydrogens is 498 g/mol. The number of urea groups is 1. The van der Waals surface area contributed by atoms with E-state index in [-0.39, 0.29) is 30.4 Å². The first-order valence-electron chi connectivity index (χ1n) is 10.9. The SMILES string of the molecule is CN(C(=O)NCc1cccc(F)c1Cl)[C@H](COC(=O)Nc1cc2cc(F)ccc2cn1)C[C@@H](O)CO. The molecule has 3 rings (SSSR count). The number of nitrogens with one attached hydrogen (secondary N) is 2. The van der Waals surface area contributed by atoms with Gasteiger partial charge >= 0.3 is 12.1 Å². The van der Waals surface area contributed by atoms with Gasteiger partial charge in [-0.05, 0) is 47.7 Å². The molecule has 0 aliphatic rings. The van der Waals surface area contributed by atoms with Crippen molar-refractivity contribution in [2.45, 2.75) is 25.1 Å². The van der Waals surface area contributed by atoms with E-state index in [1.165, 1.54) is 48.5 Å². The average molecular weight is 523 g/mol. The quantitative estimate of drug-likeness (QED) is 0.340. The zero-order valence-corrected chi connectivity index (χ0v) is 20.0. The number of rotatable bonds is 9. The maximum Gasteiger partial charge on any atom is 0.412 e. The Morgan fingerprint density at radius 1 is 1.19 bits per heavy atom. The lowest BCUT2D eigenvalue weighted by Crippen LogP contribution is -2.47. The minimum Gasteiger partial charge on any atom is -0.447 e. The second-order valence-corrected chi connectivity index (χ2v) is 8.37. The molecule has 0 aliphatic carbocycles. The minimum absolute atomic E-state index is 0.0649. The van der Waals surface area contributed by atoms with E-state index < -0.39 is 42.5 Å². The lowest BCUT2D eigenvalue weighted by Gasteiger charge is -2.29. The fourth-order valence-electron chi connectivity index (χ4n) is 3.37. The van der Waals surface area contributed by atoms with E-state index in [0.717, 1.165) is 0 Å². The molecule has 3 aromatic rings. The molecule has 1 aromatic heterocycles. The Morgan fingerprint density at radius 2 is 1.97 bits per heavy atom. The molecule has 0 radical (unpaired) electrons. The number of aliphatic hydroxyl groups is 2. The third-order valence-corrected chi connectivity index (χ3v) is 5.83. The van der Waals surface area contributed by atoms with Crippen LogP contribution in [0.25, 0.3) is 10.8 Å². The summed E-state index contributed by atoms with van der Waals surface area (Å²) in [6, 6.07) is 8.41. The summed E-state index contributed by atoms with van der Waals surface area (Å²) >= 11 is 5.91. The fourth-order valence-corrected chi connectivity index (χ4v) is 3.56. The zero-order chi connectivity index (χ0) is 26.2. The van der Waals surface area contributed by atoms with Gasteiger partial charge in [-0.2, -0.15) is 0 Å². The molecule has 12 heteroatoms. The van der Waals surface area contributed by atoms with Crippen molar-refractivity contribution < 1.29 is 33.3 Å². The number of likely N-dealkylation sites (N-methyl/N-ethyl adjacent to an activating group) is 1. The van der Waals surface area contributed by atoms with Gasteiger partial charge in [0.25, 0.3) is 0 Å². The number of pyridine rings is 1. The van der Waals surface area contributed by atoms with Crippen LogP contribution in [0.1, 0.15) is 12.0 Å². The van der Waals surface area contributed by atoms with Crippen LogP contribution in [0, 0.1) is 11.6 Å². The molecule has 0 saturated heterocycles. The number of benzene rings is 2. The monoisotopic (exact) mass is 522 g/mol. The zero-order valence-electron chi connectivity index (χ0n) is 19.2. The van der Waals surface area contributed by atoms with E-state index >= 15 is 0 Å². The first kappa shape index (κ1) is 27.1. The van der Waals surface area contributed by atoms with Crippen LogP contribution < -0.4 is 10.6 Å². The van der Waals surface area contributed by atoms with Crippen LogP contribution in [0.15, 0.2) is 48.7 Å². The standard InChI is InChI=1S/C24H25ClF2N4O5/c1-31(23(34)29-11-15-3-2-4-20(27)22(15)25)18(9-19(33)12-32)13-36-24(35)30-21-8-16-7-17(26)6-5-14(16)10-28-21/h2-8,10,18-19,32-33H,9,11-13H2,1H3,(H,29,34)(H,28,30,35)/t18-,19+/m0/s1. The molecule has 0 spiro atoms. The summed E-state index contributed by atoms with van der Waals surface area (Å²) in [5, 5.41) is 25.2. The number of aromatic nitrogens is 1. The van der Waals surface area contributed by atoms with E-state index in [9.17, 15) is 28.6 Å². The molecule has 0 saturated carbocycles. The smallest absolute Gasteiger partial charge is 0.412 e. The highest BCUT2D eigenvalue weighted by Crippen LogP contribution is 2.20. The summed E-state index contributed by atoms with van der Waals surface area (Å²) in [4.78, 5) is 30.2. The van der Waals surface area contributed by atoms with Gasteiger partial charge < -0.3 is 25.2 Å². The topological polar surface area (TPSA) is 124 Å². The number of anilines is 1. The molecule has 0 aliphatic heterocycles. The van der Waals surface area contributed by atoms with E-state index in [1.807, 2.05) is 0 Å². The Labute approximate surface area is 210 Å². The molecule has 36 heavy (non-hydrogen) atoms.